The van der Waals surface area contributed by atoms with Gasteiger partial charge in [-0.1, -0.05) is 34.1 Å². The van der Waals surface area contributed by atoms with Crippen LogP contribution in [0.4, 0.5) is 0 Å². The molecule has 1 aliphatic rings. The van der Waals surface area contributed by atoms with E-state index in [-0.39, 0.29) is 12.2 Å². The normalized spacial score (nSPS) is 20.0. The number of nitrogens with two attached hydrogens (primary N) is 1. The minimum atomic E-state index is 0.0493. The molecule has 3 aromatic rings. The smallest absolute Gasteiger partial charge is 0.186 e. The third kappa shape index (κ3) is 3.49. The maximum atomic E-state index is 10.3. The van der Waals surface area contributed by atoms with Crippen LogP contribution in [0.3, 0.4) is 0 Å². The number of nitrogens with one attached hydrogen (secondary N) is 1. The predicted octanol–water partition coefficient (Wildman–Crippen LogP) is 4.16. The van der Waals surface area contributed by atoms with Gasteiger partial charge < -0.3 is 15.7 Å². The number of aromatic hydroxyl groups is 1. The van der Waals surface area contributed by atoms with Gasteiger partial charge in [-0.3, -0.25) is 0 Å². The van der Waals surface area contributed by atoms with E-state index in [1.165, 1.54) is 10.4 Å². The third-order valence-electron chi connectivity index (χ3n) is 4.37. The molecule has 2 atom stereocenters. The van der Waals surface area contributed by atoms with Gasteiger partial charge in [0.25, 0.3) is 0 Å². The fourth-order valence-electron chi connectivity index (χ4n) is 3.12. The van der Waals surface area contributed by atoms with Crippen molar-refractivity contribution in [2.75, 3.05) is 0 Å². The van der Waals surface area contributed by atoms with Crippen molar-refractivity contribution in [3.05, 3.63) is 92.6 Å². The Kier molecular flexibility index (Phi) is 4.61. The molecule has 0 amide bonds. The molecule has 4 N–H and O–H groups in total. The lowest BCUT2D eigenvalue weighted by atomic mass is 10.00. The lowest BCUT2D eigenvalue weighted by Crippen LogP contribution is -2.89. The van der Waals surface area contributed by atoms with Gasteiger partial charge in [0.15, 0.2) is 6.17 Å². The Morgan fingerprint density at radius 3 is 2.52 bits per heavy atom. The maximum Gasteiger partial charge on any atom is 0.186 e. The molecule has 0 bridgehead atoms. The van der Waals surface area contributed by atoms with Crippen molar-refractivity contribution < 1.29 is 10.4 Å². The number of phenols is 1. The van der Waals surface area contributed by atoms with Gasteiger partial charge in [0.1, 0.15) is 11.8 Å². The molecule has 25 heavy (non-hydrogen) atoms. The summed E-state index contributed by atoms with van der Waals surface area (Å²) < 4.78 is 1.07. The number of para-hydroxylation sites is 1. The summed E-state index contributed by atoms with van der Waals surface area (Å²) in [7, 11) is 0. The molecule has 2 heterocycles. The monoisotopic (exact) mass is 413 g/mol. The molecule has 1 aromatic heterocycles. The Morgan fingerprint density at radius 2 is 1.80 bits per heavy atom. The molecule has 0 radical (unpaired) electrons. The molecule has 2 unspecified atom stereocenters. The van der Waals surface area contributed by atoms with Crippen LogP contribution in [-0.2, 0) is 0 Å². The molecule has 5 heteroatoms. The molecule has 2 aromatic carbocycles. The van der Waals surface area contributed by atoms with Crippen molar-refractivity contribution >= 4 is 33.0 Å². The molecule has 0 aliphatic carbocycles. The molecule has 126 valence electrons. The van der Waals surface area contributed by atoms with Crippen molar-refractivity contribution in [3.8, 4) is 5.75 Å². The van der Waals surface area contributed by atoms with E-state index in [2.05, 4.69) is 74.4 Å². The first-order valence-corrected chi connectivity index (χ1v) is 9.78. The molecule has 3 nitrogen and oxygen atoms in total. The highest BCUT2D eigenvalue weighted by Gasteiger charge is 2.29. The van der Waals surface area contributed by atoms with E-state index in [9.17, 15) is 5.11 Å². The lowest BCUT2D eigenvalue weighted by Gasteiger charge is -2.29. The zero-order valence-corrected chi connectivity index (χ0v) is 15.8. The van der Waals surface area contributed by atoms with Gasteiger partial charge in [0.05, 0.1) is 16.1 Å². The topological polar surface area (TPSA) is 48.9 Å². The SMILES string of the molecule is Oc1ccccc1C1C=C(c2cccs2)NC(c2ccc(Br)cc2)[NH2+]1. The van der Waals surface area contributed by atoms with Gasteiger partial charge in [-0.05, 0) is 47.8 Å². The number of thiophene rings is 1. The van der Waals surface area contributed by atoms with E-state index >= 15 is 0 Å². The number of phenolic OH excluding ortho intramolecular Hbond substituents is 1. The summed E-state index contributed by atoms with van der Waals surface area (Å²) in [5.74, 6) is 0.335. The second kappa shape index (κ2) is 7.04. The molecule has 0 saturated heterocycles. The second-order valence-electron chi connectivity index (χ2n) is 6.01. The minimum Gasteiger partial charge on any atom is -0.507 e. The van der Waals surface area contributed by atoms with E-state index in [1.54, 1.807) is 17.4 Å². The first-order valence-electron chi connectivity index (χ1n) is 8.11. The minimum absolute atomic E-state index is 0.0493. The van der Waals surface area contributed by atoms with Crippen LogP contribution in [0, 0.1) is 0 Å². The van der Waals surface area contributed by atoms with Crippen molar-refractivity contribution in [1.29, 1.82) is 0 Å². The van der Waals surface area contributed by atoms with Crippen LogP contribution in [0.1, 0.15) is 28.2 Å². The average Bonchev–Trinajstić information content (AvgIpc) is 3.17. The van der Waals surface area contributed by atoms with E-state index in [0.29, 0.717) is 5.75 Å². The number of hydrogen-bond acceptors (Lipinski definition) is 3. The Bertz CT molecular complexity index is 890. The van der Waals surface area contributed by atoms with Gasteiger partial charge in [0.2, 0.25) is 0 Å². The summed E-state index contributed by atoms with van der Waals surface area (Å²) >= 11 is 5.21. The van der Waals surface area contributed by atoms with Gasteiger partial charge in [0, 0.05) is 16.1 Å². The van der Waals surface area contributed by atoms with Crippen LogP contribution in [0.25, 0.3) is 5.70 Å². The fourth-order valence-corrected chi connectivity index (χ4v) is 4.10. The van der Waals surface area contributed by atoms with E-state index in [0.717, 1.165) is 15.7 Å². The molecule has 4 rings (SSSR count). The van der Waals surface area contributed by atoms with Crippen LogP contribution in [0.15, 0.2) is 76.6 Å². The fraction of sp³-hybridized carbons (Fsp3) is 0.100. The molecular formula is C20H18BrN2OS+. The summed E-state index contributed by atoms with van der Waals surface area (Å²) in [6.07, 6.45) is 2.27. The standard InChI is InChI=1S/C20H17BrN2OS/c21-14-9-7-13(8-10-14)20-22-16(15-4-1-2-5-18(15)24)12-17(23-20)19-6-3-11-25-19/h1-12,16,20,22-24H/p+1. The summed E-state index contributed by atoms with van der Waals surface area (Å²) in [5, 5.41) is 18.3. The van der Waals surface area contributed by atoms with Crippen LogP contribution >= 0.6 is 27.3 Å². The van der Waals surface area contributed by atoms with Gasteiger partial charge >= 0.3 is 0 Å². The molecule has 0 spiro atoms. The Balaban J connectivity index is 1.74. The lowest BCUT2D eigenvalue weighted by molar-refractivity contribution is -0.731. The highest BCUT2D eigenvalue weighted by atomic mass is 79.9. The zero-order chi connectivity index (χ0) is 17.2. The maximum absolute atomic E-state index is 10.3. The first kappa shape index (κ1) is 16.4. The van der Waals surface area contributed by atoms with Crippen molar-refractivity contribution in [3.63, 3.8) is 0 Å². The highest BCUT2D eigenvalue weighted by molar-refractivity contribution is 9.10. The van der Waals surface area contributed by atoms with E-state index in [1.807, 2.05) is 18.2 Å². The Morgan fingerprint density at radius 1 is 1.00 bits per heavy atom. The molecule has 0 saturated carbocycles. The third-order valence-corrected chi connectivity index (χ3v) is 5.80. The van der Waals surface area contributed by atoms with Gasteiger partial charge in [-0.15, -0.1) is 11.3 Å². The number of benzene rings is 2. The first-order chi connectivity index (χ1) is 12.2. The quantitative estimate of drug-likeness (QED) is 0.603. The van der Waals surface area contributed by atoms with Crippen molar-refractivity contribution in [2.45, 2.75) is 12.2 Å². The van der Waals surface area contributed by atoms with Crippen LogP contribution < -0.4 is 10.6 Å². The molecular weight excluding hydrogens is 396 g/mol. The van der Waals surface area contributed by atoms with Crippen LogP contribution in [0.2, 0.25) is 0 Å². The van der Waals surface area contributed by atoms with E-state index < -0.39 is 0 Å². The summed E-state index contributed by atoms with van der Waals surface area (Å²) in [6, 6.07) is 20.2. The predicted molar refractivity (Wildman–Crippen MR) is 105 cm³/mol. The summed E-state index contributed by atoms with van der Waals surface area (Å²) in [6.45, 7) is 0. The summed E-state index contributed by atoms with van der Waals surface area (Å²) in [5.41, 5.74) is 3.24. The Hall–Kier alpha value is -2.08. The van der Waals surface area contributed by atoms with Crippen LogP contribution in [-0.4, -0.2) is 5.11 Å². The summed E-state index contributed by atoms with van der Waals surface area (Å²) in [4.78, 5) is 1.20. The van der Waals surface area contributed by atoms with E-state index in [4.69, 9.17) is 0 Å². The van der Waals surface area contributed by atoms with Crippen molar-refractivity contribution in [1.82, 2.24) is 5.32 Å². The highest BCUT2D eigenvalue weighted by Crippen LogP contribution is 2.30. The second-order valence-corrected chi connectivity index (χ2v) is 7.87. The largest absolute Gasteiger partial charge is 0.507 e. The van der Waals surface area contributed by atoms with Crippen molar-refractivity contribution in [2.24, 2.45) is 0 Å². The molecule has 0 fully saturated rings. The van der Waals surface area contributed by atoms with Gasteiger partial charge in [-0.2, -0.15) is 0 Å². The zero-order valence-electron chi connectivity index (χ0n) is 13.4. The number of halogens is 1. The number of hydrogen-bond donors (Lipinski definition) is 3. The number of quaternary nitrogens is 1. The van der Waals surface area contributed by atoms with Gasteiger partial charge in [-0.25, -0.2) is 0 Å². The Labute approximate surface area is 159 Å². The number of rotatable bonds is 3. The van der Waals surface area contributed by atoms with Crippen LogP contribution in [0.5, 0.6) is 5.75 Å². The average molecular weight is 414 g/mol. The molecule has 1 aliphatic heterocycles.